The van der Waals surface area contributed by atoms with Gasteiger partial charge in [-0.15, -0.1) is 0 Å². The Morgan fingerprint density at radius 1 is 1.42 bits per heavy atom. The molecular formula is C13H16N4O2. The number of amides is 1. The molecule has 100 valence electrons. The normalized spacial score (nSPS) is 10.4. The predicted molar refractivity (Wildman–Crippen MR) is 71.6 cm³/mol. The molecule has 0 saturated heterocycles. The molecule has 0 spiro atoms. The Labute approximate surface area is 111 Å². The maximum absolute atomic E-state index is 11.8. The van der Waals surface area contributed by atoms with Gasteiger partial charge in [0.05, 0.1) is 17.6 Å². The molecule has 1 amide bonds. The Bertz CT molecular complexity index is 555. The lowest BCUT2D eigenvalue weighted by molar-refractivity contribution is -0.116. The number of pyridine rings is 1. The van der Waals surface area contributed by atoms with Crippen LogP contribution in [0.5, 0.6) is 0 Å². The van der Waals surface area contributed by atoms with Gasteiger partial charge in [-0.05, 0) is 32.4 Å². The van der Waals surface area contributed by atoms with Crippen molar-refractivity contribution in [1.82, 2.24) is 10.1 Å². The highest BCUT2D eigenvalue weighted by Crippen LogP contribution is 2.15. The number of nitrogen functional groups attached to an aromatic ring is 1. The largest absolute Gasteiger partial charge is 0.384 e. The second-order valence-electron chi connectivity index (χ2n) is 4.32. The van der Waals surface area contributed by atoms with Crippen molar-refractivity contribution in [3.8, 4) is 0 Å². The highest BCUT2D eigenvalue weighted by Gasteiger charge is 2.11. The fourth-order valence-electron chi connectivity index (χ4n) is 1.80. The van der Waals surface area contributed by atoms with E-state index in [1.165, 1.54) is 6.20 Å². The third kappa shape index (κ3) is 3.31. The number of carbonyl (C=O) groups is 1. The van der Waals surface area contributed by atoms with Crippen molar-refractivity contribution < 1.29 is 9.32 Å². The highest BCUT2D eigenvalue weighted by atomic mass is 16.5. The molecular weight excluding hydrogens is 244 g/mol. The van der Waals surface area contributed by atoms with Crippen LogP contribution in [-0.4, -0.2) is 16.0 Å². The van der Waals surface area contributed by atoms with Gasteiger partial charge in [0.15, 0.2) is 0 Å². The molecule has 0 unspecified atom stereocenters. The zero-order valence-corrected chi connectivity index (χ0v) is 10.9. The van der Waals surface area contributed by atoms with Crippen LogP contribution in [0.3, 0.4) is 0 Å². The van der Waals surface area contributed by atoms with Gasteiger partial charge >= 0.3 is 0 Å². The predicted octanol–water partition coefficient (Wildman–Crippen LogP) is 1.84. The molecule has 2 aromatic rings. The number of hydrogen-bond donors (Lipinski definition) is 2. The van der Waals surface area contributed by atoms with Crippen molar-refractivity contribution in [1.29, 1.82) is 0 Å². The van der Waals surface area contributed by atoms with Gasteiger partial charge < -0.3 is 15.6 Å². The summed E-state index contributed by atoms with van der Waals surface area (Å²) in [6.07, 6.45) is 2.51. The summed E-state index contributed by atoms with van der Waals surface area (Å²) in [4.78, 5) is 15.7. The van der Waals surface area contributed by atoms with Crippen molar-refractivity contribution in [2.24, 2.45) is 0 Å². The van der Waals surface area contributed by atoms with E-state index in [9.17, 15) is 4.79 Å². The molecule has 0 aliphatic heterocycles. The number of hydrogen-bond acceptors (Lipinski definition) is 5. The Morgan fingerprint density at radius 3 is 2.79 bits per heavy atom. The first-order valence-corrected chi connectivity index (χ1v) is 5.99. The van der Waals surface area contributed by atoms with Crippen LogP contribution in [0.15, 0.2) is 22.9 Å². The van der Waals surface area contributed by atoms with E-state index in [1.807, 2.05) is 13.8 Å². The number of aryl methyl sites for hydroxylation is 2. The molecule has 0 aliphatic carbocycles. The van der Waals surface area contributed by atoms with Gasteiger partial charge in [0.2, 0.25) is 5.91 Å². The fraction of sp³-hybridized carbons (Fsp3) is 0.308. The monoisotopic (exact) mass is 260 g/mol. The number of nitrogens with zero attached hydrogens (tertiary/aromatic N) is 2. The van der Waals surface area contributed by atoms with Crippen LogP contribution in [0.4, 0.5) is 11.5 Å². The minimum atomic E-state index is -0.0772. The van der Waals surface area contributed by atoms with E-state index in [-0.39, 0.29) is 5.91 Å². The molecule has 6 heteroatoms. The quantitative estimate of drug-likeness (QED) is 0.874. The SMILES string of the molecule is Cc1noc(C)c1CCC(=O)Nc1ccc(N)nc1. The van der Waals surface area contributed by atoms with Crippen LogP contribution >= 0.6 is 0 Å². The van der Waals surface area contributed by atoms with Crippen molar-refractivity contribution in [3.63, 3.8) is 0 Å². The topological polar surface area (TPSA) is 94.0 Å². The van der Waals surface area contributed by atoms with Gasteiger partial charge in [-0.2, -0.15) is 0 Å². The summed E-state index contributed by atoms with van der Waals surface area (Å²) in [5, 5.41) is 6.62. The maximum atomic E-state index is 11.8. The molecule has 0 radical (unpaired) electrons. The maximum Gasteiger partial charge on any atom is 0.224 e. The van der Waals surface area contributed by atoms with Crippen LogP contribution in [-0.2, 0) is 11.2 Å². The van der Waals surface area contributed by atoms with E-state index in [4.69, 9.17) is 10.3 Å². The molecule has 0 fully saturated rings. The first-order chi connectivity index (χ1) is 9.06. The number of rotatable bonds is 4. The molecule has 6 nitrogen and oxygen atoms in total. The van der Waals surface area contributed by atoms with Crippen molar-refractivity contribution in [2.75, 3.05) is 11.1 Å². The molecule has 0 aromatic carbocycles. The van der Waals surface area contributed by atoms with E-state index in [0.29, 0.717) is 24.3 Å². The summed E-state index contributed by atoms with van der Waals surface area (Å²) in [7, 11) is 0. The summed E-state index contributed by atoms with van der Waals surface area (Å²) < 4.78 is 5.05. The summed E-state index contributed by atoms with van der Waals surface area (Å²) in [6, 6.07) is 3.36. The minimum Gasteiger partial charge on any atom is -0.384 e. The second-order valence-corrected chi connectivity index (χ2v) is 4.32. The Morgan fingerprint density at radius 2 is 2.21 bits per heavy atom. The Balaban J connectivity index is 1.90. The van der Waals surface area contributed by atoms with Crippen molar-refractivity contribution in [3.05, 3.63) is 35.3 Å². The Kier molecular flexibility index (Phi) is 3.79. The molecule has 2 rings (SSSR count). The molecule has 19 heavy (non-hydrogen) atoms. The summed E-state index contributed by atoms with van der Waals surface area (Å²) in [5.74, 6) is 1.11. The zero-order chi connectivity index (χ0) is 13.8. The van der Waals surface area contributed by atoms with Crippen LogP contribution in [0, 0.1) is 13.8 Å². The third-order valence-corrected chi connectivity index (χ3v) is 2.85. The number of aromatic nitrogens is 2. The molecule has 0 bridgehead atoms. The van der Waals surface area contributed by atoms with Crippen molar-refractivity contribution in [2.45, 2.75) is 26.7 Å². The van der Waals surface area contributed by atoms with Crippen molar-refractivity contribution >= 4 is 17.4 Å². The number of anilines is 2. The minimum absolute atomic E-state index is 0.0772. The third-order valence-electron chi connectivity index (χ3n) is 2.85. The van der Waals surface area contributed by atoms with Crippen LogP contribution in [0.25, 0.3) is 0 Å². The first-order valence-electron chi connectivity index (χ1n) is 5.99. The number of carbonyl (C=O) groups excluding carboxylic acids is 1. The van der Waals surface area contributed by atoms with Gasteiger partial charge in [0.25, 0.3) is 0 Å². The molecule has 0 aliphatic rings. The van der Waals surface area contributed by atoms with E-state index in [2.05, 4.69) is 15.5 Å². The lowest BCUT2D eigenvalue weighted by Crippen LogP contribution is -2.13. The van der Waals surface area contributed by atoms with Crippen LogP contribution in [0.1, 0.15) is 23.4 Å². The van der Waals surface area contributed by atoms with Gasteiger partial charge in [-0.1, -0.05) is 5.16 Å². The van der Waals surface area contributed by atoms with E-state index in [1.54, 1.807) is 12.1 Å². The standard InChI is InChI=1S/C13H16N4O2/c1-8-11(9(2)19-17-8)4-6-13(18)16-10-3-5-12(14)15-7-10/h3,5,7H,4,6H2,1-2H3,(H2,14,15)(H,16,18). The molecule has 2 aromatic heterocycles. The molecule has 3 N–H and O–H groups in total. The molecule has 2 heterocycles. The smallest absolute Gasteiger partial charge is 0.224 e. The summed E-state index contributed by atoms with van der Waals surface area (Å²) in [6.45, 7) is 3.71. The summed E-state index contributed by atoms with van der Waals surface area (Å²) in [5.41, 5.74) is 7.93. The number of nitrogens with one attached hydrogen (secondary N) is 1. The van der Waals surface area contributed by atoms with Gasteiger partial charge in [-0.25, -0.2) is 4.98 Å². The Hall–Kier alpha value is -2.37. The van der Waals surface area contributed by atoms with E-state index < -0.39 is 0 Å². The zero-order valence-electron chi connectivity index (χ0n) is 10.9. The highest BCUT2D eigenvalue weighted by molar-refractivity contribution is 5.90. The average Bonchev–Trinajstić information content (AvgIpc) is 2.70. The van der Waals surface area contributed by atoms with Crippen LogP contribution < -0.4 is 11.1 Å². The molecule has 0 saturated carbocycles. The lowest BCUT2D eigenvalue weighted by atomic mass is 10.1. The van der Waals surface area contributed by atoms with Gasteiger partial charge in [0.1, 0.15) is 11.6 Å². The number of nitrogens with two attached hydrogens (primary N) is 1. The average molecular weight is 260 g/mol. The van der Waals surface area contributed by atoms with E-state index >= 15 is 0 Å². The van der Waals surface area contributed by atoms with Gasteiger partial charge in [-0.3, -0.25) is 4.79 Å². The fourth-order valence-corrected chi connectivity index (χ4v) is 1.80. The second kappa shape index (κ2) is 5.51. The first kappa shape index (κ1) is 13.1. The van der Waals surface area contributed by atoms with E-state index in [0.717, 1.165) is 17.0 Å². The van der Waals surface area contributed by atoms with Crippen LogP contribution in [0.2, 0.25) is 0 Å². The summed E-state index contributed by atoms with van der Waals surface area (Å²) >= 11 is 0. The lowest BCUT2D eigenvalue weighted by Gasteiger charge is -2.04. The van der Waals surface area contributed by atoms with Gasteiger partial charge in [0, 0.05) is 12.0 Å². The molecule has 0 atom stereocenters.